The molecule has 4 atom stereocenters. The molecule has 1 aromatic carbocycles. The zero-order chi connectivity index (χ0) is 13.9. The molecule has 20 heavy (non-hydrogen) atoms. The molecule has 104 valence electrons. The van der Waals surface area contributed by atoms with Crippen molar-refractivity contribution in [1.29, 1.82) is 0 Å². The number of carbonyl (C=O) groups is 2. The Labute approximate surface area is 116 Å². The van der Waals surface area contributed by atoms with E-state index in [0.717, 1.165) is 18.4 Å². The van der Waals surface area contributed by atoms with Gasteiger partial charge in [-0.2, -0.15) is 0 Å². The van der Waals surface area contributed by atoms with Gasteiger partial charge in [0.15, 0.2) is 0 Å². The minimum atomic E-state index is -0.766. The van der Waals surface area contributed by atoms with Gasteiger partial charge in [-0.3, -0.25) is 4.79 Å². The summed E-state index contributed by atoms with van der Waals surface area (Å²) in [7, 11) is 0. The number of aliphatic carboxylic acids is 1. The number of carbonyl (C=O) groups excluding carboxylic acids is 1. The van der Waals surface area contributed by atoms with Gasteiger partial charge >= 0.3 is 12.0 Å². The van der Waals surface area contributed by atoms with Crippen LogP contribution in [0.25, 0.3) is 0 Å². The van der Waals surface area contributed by atoms with Crippen molar-refractivity contribution >= 4 is 12.0 Å². The molecule has 5 heteroatoms. The van der Waals surface area contributed by atoms with E-state index in [4.69, 9.17) is 0 Å². The molecule has 4 rings (SSSR count). The molecular formula is C15H16N2O3. The lowest BCUT2D eigenvalue weighted by molar-refractivity contribution is -0.145. The zero-order valence-corrected chi connectivity index (χ0v) is 11.0. The molecule has 4 bridgehead atoms. The lowest BCUT2D eigenvalue weighted by Gasteiger charge is -2.36. The number of urea groups is 1. The number of amides is 2. The molecule has 1 aromatic rings. The Kier molecular flexibility index (Phi) is 2.34. The van der Waals surface area contributed by atoms with E-state index >= 15 is 0 Å². The first-order chi connectivity index (χ1) is 9.68. The Morgan fingerprint density at radius 3 is 2.55 bits per heavy atom. The Hall–Kier alpha value is -2.04. The van der Waals surface area contributed by atoms with E-state index in [0.29, 0.717) is 6.54 Å². The molecule has 3 fully saturated rings. The maximum Gasteiger partial charge on any atom is 0.321 e. The van der Waals surface area contributed by atoms with Crippen LogP contribution in [-0.4, -0.2) is 45.0 Å². The number of hydrogen-bond donors (Lipinski definition) is 1. The van der Waals surface area contributed by atoms with Crippen LogP contribution in [0.3, 0.4) is 0 Å². The van der Waals surface area contributed by atoms with Gasteiger partial charge in [0.25, 0.3) is 0 Å². The van der Waals surface area contributed by atoms with Gasteiger partial charge in [0.2, 0.25) is 0 Å². The molecule has 2 amide bonds. The van der Waals surface area contributed by atoms with Crippen LogP contribution in [0.2, 0.25) is 0 Å². The standard InChI is InChI=1S/C15H16N2O3/c18-14(19)12-10-6-7-11-13(12)16(15(20)17(10)11)8-9-4-2-1-3-5-9/h1-5,10-13H,6-8H2,(H,18,19). The summed E-state index contributed by atoms with van der Waals surface area (Å²) in [5.74, 6) is -1.19. The third-order valence-corrected chi connectivity index (χ3v) is 4.96. The van der Waals surface area contributed by atoms with Crippen molar-refractivity contribution in [2.75, 3.05) is 0 Å². The minimum Gasteiger partial charge on any atom is -0.481 e. The Morgan fingerprint density at radius 1 is 1.20 bits per heavy atom. The minimum absolute atomic E-state index is 0.0175. The molecule has 0 aliphatic carbocycles. The summed E-state index contributed by atoms with van der Waals surface area (Å²) in [6.45, 7) is 0.508. The zero-order valence-electron chi connectivity index (χ0n) is 11.0. The highest BCUT2D eigenvalue weighted by molar-refractivity contribution is 5.85. The molecule has 3 heterocycles. The predicted molar refractivity (Wildman–Crippen MR) is 70.9 cm³/mol. The van der Waals surface area contributed by atoms with Crippen LogP contribution in [0, 0.1) is 5.92 Å². The summed E-state index contributed by atoms with van der Waals surface area (Å²) < 4.78 is 0. The highest BCUT2D eigenvalue weighted by Crippen LogP contribution is 2.50. The van der Waals surface area contributed by atoms with Gasteiger partial charge in [-0.25, -0.2) is 4.79 Å². The average Bonchev–Trinajstić information content (AvgIpc) is 3.07. The van der Waals surface area contributed by atoms with Crippen LogP contribution >= 0.6 is 0 Å². The number of hydrogen-bond acceptors (Lipinski definition) is 2. The van der Waals surface area contributed by atoms with Crippen molar-refractivity contribution in [1.82, 2.24) is 9.80 Å². The predicted octanol–water partition coefficient (Wildman–Crippen LogP) is 1.54. The number of rotatable bonds is 3. The number of nitrogens with zero attached hydrogens (tertiary/aromatic N) is 2. The van der Waals surface area contributed by atoms with Crippen LogP contribution in [0.4, 0.5) is 4.79 Å². The van der Waals surface area contributed by atoms with Crippen molar-refractivity contribution in [3.63, 3.8) is 0 Å². The fraction of sp³-hybridized carbons (Fsp3) is 0.467. The van der Waals surface area contributed by atoms with E-state index in [1.54, 1.807) is 4.90 Å². The smallest absolute Gasteiger partial charge is 0.321 e. The van der Waals surface area contributed by atoms with Crippen molar-refractivity contribution in [2.24, 2.45) is 5.92 Å². The van der Waals surface area contributed by atoms with Crippen molar-refractivity contribution in [2.45, 2.75) is 37.5 Å². The van der Waals surface area contributed by atoms with Gasteiger partial charge in [-0.1, -0.05) is 30.3 Å². The quantitative estimate of drug-likeness (QED) is 0.908. The second-order valence-electron chi connectivity index (χ2n) is 5.87. The van der Waals surface area contributed by atoms with Gasteiger partial charge < -0.3 is 14.9 Å². The van der Waals surface area contributed by atoms with Crippen LogP contribution in [0.5, 0.6) is 0 Å². The molecule has 0 saturated carbocycles. The SMILES string of the molecule is O=C(O)C1C2C3CCC1N3C(=O)N2Cc1ccccc1. The first-order valence-electron chi connectivity index (χ1n) is 7.04. The second kappa shape index (κ2) is 3.98. The molecule has 3 saturated heterocycles. The summed E-state index contributed by atoms with van der Waals surface area (Å²) in [6.07, 6.45) is 1.78. The third kappa shape index (κ3) is 1.38. The molecule has 1 N–H and O–H groups in total. The van der Waals surface area contributed by atoms with Gasteiger partial charge in [-0.05, 0) is 18.4 Å². The molecule has 3 aliphatic rings. The molecule has 0 radical (unpaired) electrons. The van der Waals surface area contributed by atoms with E-state index in [9.17, 15) is 14.7 Å². The molecule has 0 aromatic heterocycles. The fourth-order valence-corrected chi connectivity index (χ4v) is 4.25. The summed E-state index contributed by atoms with van der Waals surface area (Å²) >= 11 is 0. The Balaban J connectivity index is 1.65. The Bertz CT molecular complexity index is 574. The lowest BCUT2D eigenvalue weighted by Crippen LogP contribution is -2.53. The number of carboxylic acids is 1. The van der Waals surface area contributed by atoms with E-state index < -0.39 is 11.9 Å². The topological polar surface area (TPSA) is 60.9 Å². The van der Waals surface area contributed by atoms with Crippen molar-refractivity contribution in [3.05, 3.63) is 35.9 Å². The molecule has 5 nitrogen and oxygen atoms in total. The van der Waals surface area contributed by atoms with Crippen molar-refractivity contribution < 1.29 is 14.7 Å². The largest absolute Gasteiger partial charge is 0.481 e. The van der Waals surface area contributed by atoms with Gasteiger partial charge in [0.1, 0.15) is 0 Å². The number of carboxylic acid groups (broad SMARTS) is 1. The molecule has 4 unspecified atom stereocenters. The summed E-state index contributed by atoms with van der Waals surface area (Å²) in [4.78, 5) is 27.6. The monoisotopic (exact) mass is 272 g/mol. The van der Waals surface area contributed by atoms with Crippen LogP contribution < -0.4 is 0 Å². The summed E-state index contributed by atoms with van der Waals surface area (Å²) in [5.41, 5.74) is 1.05. The van der Waals surface area contributed by atoms with Crippen LogP contribution in [0.1, 0.15) is 18.4 Å². The van der Waals surface area contributed by atoms with Crippen molar-refractivity contribution in [3.8, 4) is 0 Å². The van der Waals surface area contributed by atoms with E-state index in [2.05, 4.69) is 0 Å². The lowest BCUT2D eigenvalue weighted by atomic mass is 9.83. The number of benzene rings is 1. The Morgan fingerprint density at radius 2 is 1.90 bits per heavy atom. The normalized spacial score (nSPS) is 34.1. The van der Waals surface area contributed by atoms with E-state index in [1.807, 2.05) is 35.2 Å². The van der Waals surface area contributed by atoms with E-state index in [-0.39, 0.29) is 24.2 Å². The highest BCUT2D eigenvalue weighted by Gasteiger charge is 2.66. The van der Waals surface area contributed by atoms with Crippen LogP contribution in [0.15, 0.2) is 30.3 Å². The fourth-order valence-electron chi connectivity index (χ4n) is 4.25. The highest BCUT2D eigenvalue weighted by atomic mass is 16.4. The maximum absolute atomic E-state index is 12.5. The first-order valence-corrected chi connectivity index (χ1v) is 7.04. The average molecular weight is 272 g/mol. The maximum atomic E-state index is 12.5. The summed E-state index contributed by atoms with van der Waals surface area (Å²) in [5, 5.41) is 9.46. The van der Waals surface area contributed by atoms with Gasteiger partial charge in [-0.15, -0.1) is 0 Å². The first kappa shape index (κ1) is 11.8. The second-order valence-corrected chi connectivity index (χ2v) is 5.87. The molecule has 0 spiro atoms. The summed E-state index contributed by atoms with van der Waals surface area (Å²) in [6, 6.07) is 9.66. The third-order valence-electron chi connectivity index (χ3n) is 4.96. The van der Waals surface area contributed by atoms with Gasteiger partial charge in [0, 0.05) is 12.6 Å². The van der Waals surface area contributed by atoms with E-state index in [1.165, 1.54) is 0 Å². The molecule has 3 aliphatic heterocycles. The molecular weight excluding hydrogens is 256 g/mol. The van der Waals surface area contributed by atoms with Crippen LogP contribution in [-0.2, 0) is 11.3 Å². The van der Waals surface area contributed by atoms with Gasteiger partial charge in [0.05, 0.1) is 18.0 Å².